The maximum Gasteiger partial charge on any atom is 0.221 e. The smallest absolute Gasteiger partial charge is 0.221 e. The van der Waals surface area contributed by atoms with Crippen LogP contribution in [0, 0.1) is 5.82 Å². The Morgan fingerprint density at radius 1 is 1.19 bits per heavy atom. The van der Waals surface area contributed by atoms with Crippen molar-refractivity contribution in [2.45, 2.75) is 23.4 Å². The van der Waals surface area contributed by atoms with Crippen molar-refractivity contribution in [2.24, 2.45) is 0 Å². The van der Waals surface area contributed by atoms with Gasteiger partial charge in [-0.05, 0) is 54.1 Å². The van der Waals surface area contributed by atoms with Gasteiger partial charge in [-0.25, -0.2) is 9.37 Å². The van der Waals surface area contributed by atoms with Crippen molar-refractivity contribution >= 4 is 17.7 Å². The number of halogens is 1. The van der Waals surface area contributed by atoms with Gasteiger partial charge in [-0.1, -0.05) is 23.9 Å². The molecule has 0 spiro atoms. The Morgan fingerprint density at radius 2 is 1.97 bits per heavy atom. The molecule has 1 unspecified atom stereocenters. The molecule has 9 heteroatoms. The van der Waals surface area contributed by atoms with Gasteiger partial charge in [-0.3, -0.25) is 9.89 Å². The molecule has 2 N–H and O–H groups in total. The van der Waals surface area contributed by atoms with Crippen LogP contribution in [0.5, 0.6) is 5.75 Å². The number of nitrogens with one attached hydrogen (secondary N) is 2. The molecular formula is C23H21FN4O3S. The third-order valence-corrected chi connectivity index (χ3v) is 5.85. The molecule has 0 aliphatic carbocycles. The summed E-state index contributed by atoms with van der Waals surface area (Å²) in [5.41, 5.74) is 1.67. The molecule has 0 saturated heterocycles. The molecule has 0 saturated carbocycles. The number of aromatic nitrogens is 3. The van der Waals surface area contributed by atoms with Gasteiger partial charge in [0.2, 0.25) is 11.1 Å². The number of hydrogen-bond acceptors (Lipinski definition) is 6. The molecule has 4 aromatic rings. The summed E-state index contributed by atoms with van der Waals surface area (Å²) in [6, 6.07) is 17.1. The van der Waals surface area contributed by atoms with Crippen LogP contribution in [0.1, 0.15) is 23.0 Å². The quantitative estimate of drug-likeness (QED) is 0.356. The molecule has 0 aliphatic heterocycles. The van der Waals surface area contributed by atoms with Crippen molar-refractivity contribution in [3.63, 3.8) is 0 Å². The summed E-state index contributed by atoms with van der Waals surface area (Å²) in [5.74, 6) is 1.51. The second-order valence-electron chi connectivity index (χ2n) is 6.91. The maximum absolute atomic E-state index is 13.2. The number of benzene rings is 2. The minimum absolute atomic E-state index is 0.121. The fourth-order valence-corrected chi connectivity index (χ4v) is 4.07. The summed E-state index contributed by atoms with van der Waals surface area (Å²) in [7, 11) is 1.61. The summed E-state index contributed by atoms with van der Waals surface area (Å²) in [5, 5.41) is 10.3. The molecule has 2 aromatic heterocycles. The van der Waals surface area contributed by atoms with Crippen molar-refractivity contribution < 1.29 is 18.3 Å². The van der Waals surface area contributed by atoms with Crippen LogP contribution in [-0.2, 0) is 11.3 Å². The van der Waals surface area contributed by atoms with Gasteiger partial charge in [0.05, 0.1) is 19.9 Å². The van der Waals surface area contributed by atoms with Crippen molar-refractivity contribution in [1.29, 1.82) is 0 Å². The fraction of sp³-hybridized carbons (Fsp3) is 0.174. The summed E-state index contributed by atoms with van der Waals surface area (Å²) < 4.78 is 23.7. The lowest BCUT2D eigenvalue weighted by atomic mass is 10.1. The standard InChI is InChI=1S/C23H21FN4O3S/c1-30-18-10-6-15(7-11-18)20(13-21(29)25-14-19-3-2-12-31-19)32-23-26-22(27-28-23)16-4-8-17(24)9-5-16/h2-12,20H,13-14H2,1H3,(H,25,29)(H,26,27,28). The lowest BCUT2D eigenvalue weighted by Crippen LogP contribution is -2.23. The summed E-state index contributed by atoms with van der Waals surface area (Å²) in [6.07, 6.45) is 1.79. The van der Waals surface area contributed by atoms with Gasteiger partial charge in [0.25, 0.3) is 0 Å². The Morgan fingerprint density at radius 3 is 2.66 bits per heavy atom. The van der Waals surface area contributed by atoms with Crippen molar-refractivity contribution in [1.82, 2.24) is 20.5 Å². The first kappa shape index (κ1) is 21.6. The topological polar surface area (TPSA) is 93.0 Å². The SMILES string of the molecule is COc1ccc(C(CC(=O)NCc2ccco2)Sc2n[nH]c(-c3ccc(F)cc3)n2)cc1. The molecule has 2 aromatic carbocycles. The van der Waals surface area contributed by atoms with E-state index in [2.05, 4.69) is 20.5 Å². The van der Waals surface area contributed by atoms with Crippen LogP contribution in [0.2, 0.25) is 0 Å². The van der Waals surface area contributed by atoms with Gasteiger partial charge in [0, 0.05) is 17.2 Å². The average molecular weight is 453 g/mol. The highest BCUT2D eigenvalue weighted by atomic mass is 32.2. The van der Waals surface area contributed by atoms with Gasteiger partial charge in [-0.15, -0.1) is 5.10 Å². The van der Waals surface area contributed by atoms with E-state index in [1.54, 1.807) is 37.6 Å². The van der Waals surface area contributed by atoms with Gasteiger partial charge >= 0.3 is 0 Å². The van der Waals surface area contributed by atoms with Crippen LogP contribution in [0.25, 0.3) is 11.4 Å². The van der Waals surface area contributed by atoms with Crippen LogP contribution in [0.15, 0.2) is 76.5 Å². The van der Waals surface area contributed by atoms with Crippen molar-refractivity contribution in [3.05, 3.63) is 84.1 Å². The Hall–Kier alpha value is -3.59. The lowest BCUT2D eigenvalue weighted by molar-refractivity contribution is -0.121. The summed E-state index contributed by atoms with van der Waals surface area (Å²) in [4.78, 5) is 17.1. The van der Waals surface area contributed by atoms with E-state index in [0.717, 1.165) is 16.9 Å². The van der Waals surface area contributed by atoms with E-state index in [-0.39, 0.29) is 23.4 Å². The molecule has 0 bridgehead atoms. The highest BCUT2D eigenvalue weighted by molar-refractivity contribution is 7.99. The van der Waals surface area contributed by atoms with Crippen LogP contribution >= 0.6 is 11.8 Å². The van der Waals surface area contributed by atoms with E-state index >= 15 is 0 Å². The number of methoxy groups -OCH3 is 1. The number of H-pyrrole nitrogens is 1. The molecule has 164 valence electrons. The van der Waals surface area contributed by atoms with Crippen LogP contribution < -0.4 is 10.1 Å². The first-order valence-electron chi connectivity index (χ1n) is 9.89. The van der Waals surface area contributed by atoms with Crippen LogP contribution in [0.4, 0.5) is 4.39 Å². The average Bonchev–Trinajstić information content (AvgIpc) is 3.50. The highest BCUT2D eigenvalue weighted by Crippen LogP contribution is 2.37. The number of hydrogen-bond donors (Lipinski definition) is 2. The van der Waals surface area contributed by atoms with Crippen LogP contribution in [-0.4, -0.2) is 28.2 Å². The molecule has 1 atom stereocenters. The second kappa shape index (κ2) is 10.1. The first-order valence-corrected chi connectivity index (χ1v) is 10.8. The number of nitrogens with zero attached hydrogens (tertiary/aromatic N) is 2. The van der Waals surface area contributed by atoms with Gasteiger partial charge in [0.15, 0.2) is 5.82 Å². The minimum atomic E-state index is -0.317. The lowest BCUT2D eigenvalue weighted by Gasteiger charge is -2.15. The number of carbonyl (C=O) groups excluding carboxylic acids is 1. The predicted octanol–water partition coefficient (Wildman–Crippen LogP) is 4.75. The van der Waals surface area contributed by atoms with Crippen LogP contribution in [0.3, 0.4) is 0 Å². The Kier molecular flexibility index (Phi) is 6.86. The number of furan rings is 1. The summed E-state index contributed by atoms with van der Waals surface area (Å²) >= 11 is 1.37. The number of ether oxygens (including phenoxy) is 1. The Labute approximate surface area is 188 Å². The number of aromatic amines is 1. The monoisotopic (exact) mass is 452 g/mol. The molecule has 0 aliphatic rings. The van der Waals surface area contributed by atoms with E-state index in [4.69, 9.17) is 9.15 Å². The molecular weight excluding hydrogens is 431 g/mol. The van der Waals surface area contributed by atoms with Gasteiger partial charge in [-0.2, -0.15) is 0 Å². The predicted molar refractivity (Wildman–Crippen MR) is 119 cm³/mol. The zero-order valence-electron chi connectivity index (χ0n) is 17.2. The minimum Gasteiger partial charge on any atom is -0.497 e. The first-order chi connectivity index (χ1) is 15.6. The van der Waals surface area contributed by atoms with E-state index in [1.165, 1.54) is 23.9 Å². The van der Waals surface area contributed by atoms with Gasteiger partial charge in [0.1, 0.15) is 17.3 Å². The van der Waals surface area contributed by atoms with Crippen molar-refractivity contribution in [3.8, 4) is 17.1 Å². The number of rotatable bonds is 9. The highest BCUT2D eigenvalue weighted by Gasteiger charge is 2.20. The Bertz CT molecular complexity index is 1140. The third kappa shape index (κ3) is 5.55. The zero-order chi connectivity index (χ0) is 22.3. The maximum atomic E-state index is 13.2. The zero-order valence-corrected chi connectivity index (χ0v) is 18.1. The number of thioether (sulfide) groups is 1. The normalized spacial score (nSPS) is 11.8. The molecule has 7 nitrogen and oxygen atoms in total. The number of carbonyl (C=O) groups is 1. The summed E-state index contributed by atoms with van der Waals surface area (Å²) in [6.45, 7) is 0.321. The largest absolute Gasteiger partial charge is 0.497 e. The molecule has 0 radical (unpaired) electrons. The third-order valence-electron chi connectivity index (χ3n) is 4.73. The molecule has 4 rings (SSSR count). The second-order valence-corrected chi connectivity index (χ2v) is 8.08. The van der Waals surface area contributed by atoms with E-state index in [0.29, 0.717) is 23.3 Å². The molecule has 0 fully saturated rings. The number of amides is 1. The van der Waals surface area contributed by atoms with E-state index in [1.807, 2.05) is 24.3 Å². The van der Waals surface area contributed by atoms with Gasteiger partial charge < -0.3 is 14.5 Å². The molecule has 32 heavy (non-hydrogen) atoms. The fourth-order valence-electron chi connectivity index (χ4n) is 3.05. The molecule has 1 amide bonds. The molecule has 2 heterocycles. The van der Waals surface area contributed by atoms with Crippen molar-refractivity contribution in [2.75, 3.05) is 7.11 Å². The van der Waals surface area contributed by atoms with E-state index in [9.17, 15) is 9.18 Å². The Balaban J connectivity index is 1.49. The van der Waals surface area contributed by atoms with E-state index < -0.39 is 0 Å².